The molecule has 0 saturated heterocycles. The minimum absolute atomic E-state index is 0.0165. The third kappa shape index (κ3) is 2.81. The molecule has 2 rings (SSSR count). The van der Waals surface area contributed by atoms with Gasteiger partial charge in [-0.2, -0.15) is 0 Å². The summed E-state index contributed by atoms with van der Waals surface area (Å²) >= 11 is 0. The molecule has 1 aromatic heterocycles. The maximum Gasteiger partial charge on any atom is 0.238 e. The lowest BCUT2D eigenvalue weighted by Crippen LogP contribution is -2.23. The number of rotatable bonds is 5. The molecule has 7 nitrogen and oxygen atoms in total. The number of aliphatic carboxylic acids is 1. The molecule has 1 heterocycles. The van der Waals surface area contributed by atoms with E-state index in [0.29, 0.717) is 17.9 Å². The van der Waals surface area contributed by atoms with Gasteiger partial charge in [0.15, 0.2) is 0 Å². The first-order valence-electron chi connectivity index (χ1n) is 6.04. The Morgan fingerprint density at radius 2 is 2.15 bits per heavy atom. The highest BCUT2D eigenvalue weighted by atomic mass is 32.2. The molecule has 0 amide bonds. The predicted molar refractivity (Wildman–Crippen MR) is 70.1 cm³/mol. The molecule has 0 spiro atoms. The highest BCUT2D eigenvalue weighted by molar-refractivity contribution is 7.89. The van der Waals surface area contributed by atoms with Crippen molar-refractivity contribution in [2.24, 2.45) is 5.14 Å². The van der Waals surface area contributed by atoms with Crippen LogP contribution in [0, 0.1) is 0 Å². The van der Waals surface area contributed by atoms with E-state index in [4.69, 9.17) is 5.14 Å². The highest BCUT2D eigenvalue weighted by Crippen LogP contribution is 2.20. The summed E-state index contributed by atoms with van der Waals surface area (Å²) in [5.74, 6) is -0.566. The normalized spacial score (nSPS) is 11.9. The second-order valence-electron chi connectivity index (χ2n) is 4.34. The van der Waals surface area contributed by atoms with Crippen LogP contribution in [0.25, 0.3) is 11.0 Å². The summed E-state index contributed by atoms with van der Waals surface area (Å²) in [4.78, 5) is 14.8. The molecule has 2 aromatic rings. The Morgan fingerprint density at radius 1 is 1.45 bits per heavy atom. The molecule has 0 aliphatic carbocycles. The van der Waals surface area contributed by atoms with Crippen LogP contribution < -0.4 is 10.2 Å². The fourth-order valence-electron chi connectivity index (χ4n) is 2.09. The molecule has 108 valence electrons. The summed E-state index contributed by atoms with van der Waals surface area (Å²) in [5.41, 5.74) is 1.22. The van der Waals surface area contributed by atoms with Gasteiger partial charge in [-0.25, -0.2) is 18.5 Å². The summed E-state index contributed by atoms with van der Waals surface area (Å²) in [6.07, 6.45) is 0.0981. The van der Waals surface area contributed by atoms with E-state index in [1.54, 1.807) is 6.07 Å². The number of imidazole rings is 1. The van der Waals surface area contributed by atoms with Crippen LogP contribution in [0.3, 0.4) is 0 Å². The number of carboxylic acid groups (broad SMARTS) is 1. The van der Waals surface area contributed by atoms with Crippen LogP contribution in [0.2, 0.25) is 0 Å². The number of carbonyl (C=O) groups is 1. The predicted octanol–water partition coefficient (Wildman–Crippen LogP) is -0.614. The third-order valence-corrected chi connectivity index (χ3v) is 3.91. The molecule has 0 bridgehead atoms. The van der Waals surface area contributed by atoms with E-state index in [1.807, 2.05) is 11.5 Å². The molecule has 20 heavy (non-hydrogen) atoms. The van der Waals surface area contributed by atoms with Gasteiger partial charge in [-0.15, -0.1) is 0 Å². The summed E-state index contributed by atoms with van der Waals surface area (Å²) < 4.78 is 24.5. The molecule has 0 aliphatic heterocycles. The van der Waals surface area contributed by atoms with Gasteiger partial charge in [0.05, 0.1) is 15.9 Å². The summed E-state index contributed by atoms with van der Waals surface area (Å²) in [7, 11) is -3.78. The van der Waals surface area contributed by atoms with E-state index in [-0.39, 0.29) is 17.7 Å². The number of nitrogens with zero attached hydrogens (tertiary/aromatic N) is 2. The van der Waals surface area contributed by atoms with Crippen LogP contribution in [0.15, 0.2) is 23.1 Å². The second kappa shape index (κ2) is 5.22. The van der Waals surface area contributed by atoms with E-state index < -0.39 is 16.0 Å². The fourth-order valence-corrected chi connectivity index (χ4v) is 2.63. The molecule has 1 aromatic carbocycles. The molecule has 8 heteroatoms. The van der Waals surface area contributed by atoms with Gasteiger partial charge in [-0.1, -0.05) is 0 Å². The minimum atomic E-state index is -3.78. The summed E-state index contributed by atoms with van der Waals surface area (Å²) in [6.45, 7) is 2.50. The molecule has 2 N–H and O–H groups in total. The second-order valence-corrected chi connectivity index (χ2v) is 5.90. The monoisotopic (exact) mass is 296 g/mol. The van der Waals surface area contributed by atoms with Gasteiger partial charge in [0, 0.05) is 18.9 Å². The topological polar surface area (TPSA) is 118 Å². The molecule has 0 saturated carbocycles. The van der Waals surface area contributed by atoms with Crippen molar-refractivity contribution < 1.29 is 18.3 Å². The van der Waals surface area contributed by atoms with Crippen LogP contribution in [0.5, 0.6) is 0 Å². The standard InChI is InChI=1S/C12H15N3O4S/c1-2-15-10-4-3-8(20(13,18)19)7-9(10)14-11(15)5-6-12(16)17/h3-4,7H,2,5-6H2,1H3,(H,16,17)(H2,13,18,19)/p-1. The maximum absolute atomic E-state index is 11.3. The number of hydrogen-bond acceptors (Lipinski definition) is 5. The van der Waals surface area contributed by atoms with Gasteiger partial charge in [-0.3, -0.25) is 0 Å². The van der Waals surface area contributed by atoms with E-state index in [0.717, 1.165) is 5.52 Å². The van der Waals surface area contributed by atoms with E-state index in [2.05, 4.69) is 4.98 Å². The van der Waals surface area contributed by atoms with Gasteiger partial charge < -0.3 is 14.5 Å². The van der Waals surface area contributed by atoms with E-state index >= 15 is 0 Å². The fraction of sp³-hybridized carbons (Fsp3) is 0.333. The first kappa shape index (κ1) is 14.5. The quantitative estimate of drug-likeness (QED) is 0.789. The number of benzene rings is 1. The maximum atomic E-state index is 11.3. The Kier molecular flexibility index (Phi) is 3.78. The number of aromatic nitrogens is 2. The largest absolute Gasteiger partial charge is 0.550 e. The van der Waals surface area contributed by atoms with E-state index in [9.17, 15) is 18.3 Å². The Hall–Kier alpha value is -1.93. The van der Waals surface area contributed by atoms with Crippen LogP contribution in [-0.4, -0.2) is 23.9 Å². The lowest BCUT2D eigenvalue weighted by atomic mass is 10.3. The van der Waals surface area contributed by atoms with Crippen molar-refractivity contribution in [3.8, 4) is 0 Å². The lowest BCUT2D eigenvalue weighted by Gasteiger charge is -2.06. The van der Waals surface area contributed by atoms with Crippen molar-refractivity contribution in [1.29, 1.82) is 0 Å². The van der Waals surface area contributed by atoms with Gasteiger partial charge in [-0.05, 0) is 31.5 Å². The number of carboxylic acids is 1. The Bertz CT molecular complexity index is 764. The number of sulfonamides is 1. The zero-order valence-electron chi connectivity index (χ0n) is 10.9. The molecule has 0 unspecified atom stereocenters. The summed E-state index contributed by atoms with van der Waals surface area (Å²) in [5, 5.41) is 15.6. The van der Waals surface area contributed by atoms with Crippen molar-refractivity contribution >= 4 is 27.0 Å². The zero-order valence-corrected chi connectivity index (χ0v) is 11.7. The Balaban J connectivity index is 2.53. The highest BCUT2D eigenvalue weighted by Gasteiger charge is 2.13. The van der Waals surface area contributed by atoms with Crippen molar-refractivity contribution in [1.82, 2.24) is 9.55 Å². The lowest BCUT2D eigenvalue weighted by molar-refractivity contribution is -0.305. The van der Waals surface area contributed by atoms with Crippen molar-refractivity contribution in [2.75, 3.05) is 0 Å². The van der Waals surface area contributed by atoms with Gasteiger partial charge in [0.25, 0.3) is 0 Å². The molecule has 0 fully saturated rings. The van der Waals surface area contributed by atoms with E-state index in [1.165, 1.54) is 12.1 Å². The van der Waals surface area contributed by atoms with Gasteiger partial charge in [0.2, 0.25) is 10.0 Å². The average molecular weight is 296 g/mol. The third-order valence-electron chi connectivity index (χ3n) is 3.00. The minimum Gasteiger partial charge on any atom is -0.550 e. The smallest absolute Gasteiger partial charge is 0.238 e. The molecule has 0 radical (unpaired) electrons. The van der Waals surface area contributed by atoms with Crippen LogP contribution in [0.4, 0.5) is 0 Å². The Labute approximate surface area is 116 Å². The molecular formula is C12H14N3O4S-. The Morgan fingerprint density at radius 3 is 2.70 bits per heavy atom. The van der Waals surface area contributed by atoms with Crippen molar-refractivity contribution in [3.05, 3.63) is 24.0 Å². The van der Waals surface area contributed by atoms with Gasteiger partial charge in [0.1, 0.15) is 5.82 Å². The number of nitrogens with two attached hydrogens (primary N) is 1. The first-order chi connectivity index (χ1) is 9.32. The zero-order chi connectivity index (χ0) is 14.9. The van der Waals surface area contributed by atoms with Crippen molar-refractivity contribution in [2.45, 2.75) is 31.2 Å². The number of carbonyl (C=O) groups excluding carboxylic acids is 1. The number of primary sulfonamides is 1. The van der Waals surface area contributed by atoms with Crippen LogP contribution in [-0.2, 0) is 27.8 Å². The summed E-state index contributed by atoms with van der Waals surface area (Å²) in [6, 6.07) is 4.42. The average Bonchev–Trinajstić information content (AvgIpc) is 2.71. The van der Waals surface area contributed by atoms with Crippen molar-refractivity contribution in [3.63, 3.8) is 0 Å². The molecular weight excluding hydrogens is 282 g/mol. The number of fused-ring (bicyclic) bond motifs is 1. The SMILES string of the molecule is CCn1c(CCC(=O)[O-])nc2cc(S(N)(=O)=O)ccc21. The molecule has 0 aliphatic rings. The van der Waals surface area contributed by atoms with Gasteiger partial charge >= 0.3 is 0 Å². The number of hydrogen-bond donors (Lipinski definition) is 1. The number of aryl methyl sites for hydroxylation is 2. The molecule has 0 atom stereocenters. The first-order valence-corrected chi connectivity index (χ1v) is 7.59. The van der Waals surface area contributed by atoms with Crippen LogP contribution in [0.1, 0.15) is 19.2 Å². The van der Waals surface area contributed by atoms with Crippen LogP contribution >= 0.6 is 0 Å².